The van der Waals surface area contributed by atoms with E-state index in [2.05, 4.69) is 4.98 Å². The van der Waals surface area contributed by atoms with E-state index in [1.807, 2.05) is 29.2 Å². The van der Waals surface area contributed by atoms with Crippen molar-refractivity contribution in [3.05, 3.63) is 30.0 Å². The predicted molar refractivity (Wildman–Crippen MR) is 111 cm³/mol. The van der Waals surface area contributed by atoms with Gasteiger partial charge in [-0.1, -0.05) is 12.1 Å². The molecule has 0 radical (unpaired) electrons. The molecule has 1 aliphatic rings. The Kier molecular flexibility index (Phi) is 6.83. The summed E-state index contributed by atoms with van der Waals surface area (Å²) >= 11 is 0. The molecule has 2 heterocycles. The highest BCUT2D eigenvalue weighted by Crippen LogP contribution is 2.31. The van der Waals surface area contributed by atoms with Crippen molar-refractivity contribution < 1.29 is 19.1 Å². The van der Waals surface area contributed by atoms with Crippen LogP contribution in [0.4, 0.5) is 5.82 Å². The molecule has 0 N–H and O–H groups in total. The number of benzene rings is 1. The van der Waals surface area contributed by atoms with Gasteiger partial charge in [0.15, 0.2) is 11.7 Å². The van der Waals surface area contributed by atoms with Crippen molar-refractivity contribution in [3.8, 4) is 6.07 Å². The van der Waals surface area contributed by atoms with E-state index in [4.69, 9.17) is 14.5 Å². The normalized spacial score (nSPS) is 17.4. The Balaban J connectivity index is 2.04. The Hall–Kier alpha value is -3.21. The summed E-state index contributed by atoms with van der Waals surface area (Å²) in [5, 5.41) is 9.76. The van der Waals surface area contributed by atoms with E-state index in [0.717, 1.165) is 12.8 Å². The molecule has 0 aliphatic carbocycles. The molecule has 0 spiro atoms. The Morgan fingerprint density at radius 3 is 2.60 bits per heavy atom. The van der Waals surface area contributed by atoms with E-state index in [-0.39, 0.29) is 23.7 Å². The summed E-state index contributed by atoms with van der Waals surface area (Å²) in [7, 11) is 0. The van der Waals surface area contributed by atoms with Gasteiger partial charge in [-0.25, -0.2) is 9.97 Å². The maximum Gasteiger partial charge on any atom is 0.329 e. The van der Waals surface area contributed by atoms with Crippen molar-refractivity contribution in [2.24, 2.45) is 5.92 Å². The van der Waals surface area contributed by atoms with E-state index in [9.17, 15) is 14.9 Å². The highest BCUT2D eigenvalue weighted by molar-refractivity contribution is 5.85. The molecule has 1 aliphatic heterocycles. The van der Waals surface area contributed by atoms with Gasteiger partial charge in [-0.15, -0.1) is 0 Å². The molecule has 1 fully saturated rings. The van der Waals surface area contributed by atoms with Crippen LogP contribution >= 0.6 is 0 Å². The van der Waals surface area contributed by atoms with Crippen molar-refractivity contribution in [1.82, 2.24) is 9.97 Å². The Bertz CT molecular complexity index is 969. The molecule has 0 amide bonds. The van der Waals surface area contributed by atoms with E-state index >= 15 is 0 Å². The number of fused-ring (bicyclic) bond motifs is 1. The van der Waals surface area contributed by atoms with E-state index in [1.54, 1.807) is 26.8 Å². The van der Waals surface area contributed by atoms with Crippen molar-refractivity contribution in [2.75, 3.05) is 24.6 Å². The number of rotatable bonds is 6. The number of carbonyl (C=O) groups excluding carboxylic acids is 2. The first-order valence-corrected chi connectivity index (χ1v) is 10.2. The van der Waals surface area contributed by atoms with Gasteiger partial charge in [-0.3, -0.25) is 9.59 Å². The van der Waals surface area contributed by atoms with Gasteiger partial charge < -0.3 is 14.4 Å². The Morgan fingerprint density at radius 1 is 1.27 bits per heavy atom. The highest BCUT2D eigenvalue weighted by atomic mass is 16.5. The number of ether oxygens (including phenoxy) is 2. The van der Waals surface area contributed by atoms with E-state index in [0.29, 0.717) is 36.5 Å². The molecule has 1 saturated heterocycles. The molecule has 1 aromatic heterocycles. The van der Waals surface area contributed by atoms with Crippen molar-refractivity contribution in [1.29, 1.82) is 5.26 Å². The van der Waals surface area contributed by atoms with Crippen LogP contribution in [0, 0.1) is 17.2 Å². The molecular weight excluding hydrogens is 384 g/mol. The number of piperidine rings is 1. The molecule has 3 rings (SSSR count). The molecule has 2 atom stereocenters. The third kappa shape index (κ3) is 4.67. The van der Waals surface area contributed by atoms with E-state index < -0.39 is 11.9 Å². The lowest BCUT2D eigenvalue weighted by Crippen LogP contribution is -2.41. The average molecular weight is 410 g/mol. The van der Waals surface area contributed by atoms with Crippen LogP contribution in [0.1, 0.15) is 45.2 Å². The molecule has 0 unspecified atom stereocenters. The first-order valence-electron chi connectivity index (χ1n) is 10.2. The number of hydrogen-bond acceptors (Lipinski definition) is 8. The number of nitrogens with zero attached hydrogens (tertiary/aromatic N) is 4. The van der Waals surface area contributed by atoms with Crippen LogP contribution in [-0.2, 0) is 19.1 Å². The van der Waals surface area contributed by atoms with Gasteiger partial charge in [0.25, 0.3) is 0 Å². The van der Waals surface area contributed by atoms with Crippen LogP contribution in [0.15, 0.2) is 24.3 Å². The summed E-state index contributed by atoms with van der Waals surface area (Å²) in [5.74, 6) is -1.95. The fourth-order valence-electron chi connectivity index (χ4n) is 3.58. The quantitative estimate of drug-likeness (QED) is 0.669. The standard InChI is InChI=1S/C22H26N4O4/c1-4-29-21(27)15-8-7-11-26(13-15)20-19(16(12-23)22(28)30-14(2)3)24-17-9-5-6-10-18(17)25-20/h5-6,9-10,14-16H,4,7-8,11,13H2,1-3H3/t15-,16-/m1/s1. The molecule has 0 saturated carbocycles. The number of nitriles is 1. The minimum atomic E-state index is -1.21. The third-order valence-corrected chi connectivity index (χ3v) is 4.91. The van der Waals surface area contributed by atoms with Gasteiger partial charge in [-0.05, 0) is 45.7 Å². The highest BCUT2D eigenvalue weighted by Gasteiger charge is 2.34. The fraction of sp³-hybridized carbons (Fsp3) is 0.500. The van der Waals surface area contributed by atoms with Crippen molar-refractivity contribution in [3.63, 3.8) is 0 Å². The second-order valence-corrected chi connectivity index (χ2v) is 7.51. The van der Waals surface area contributed by atoms with Gasteiger partial charge in [0.2, 0.25) is 0 Å². The second-order valence-electron chi connectivity index (χ2n) is 7.51. The van der Waals surface area contributed by atoms with E-state index in [1.165, 1.54) is 0 Å². The SMILES string of the molecule is CCOC(=O)[C@@H]1CCCN(c2nc3ccccc3nc2[C@@H](C#N)C(=O)OC(C)C)C1. The molecule has 2 aromatic rings. The van der Waals surface area contributed by atoms with Crippen LogP contribution in [0.3, 0.4) is 0 Å². The smallest absolute Gasteiger partial charge is 0.329 e. The molecule has 158 valence electrons. The summed E-state index contributed by atoms with van der Waals surface area (Å²) in [4.78, 5) is 36.1. The van der Waals surface area contributed by atoms with Gasteiger partial charge in [0.05, 0.1) is 35.7 Å². The number of hydrogen-bond donors (Lipinski definition) is 0. The van der Waals surface area contributed by atoms with Gasteiger partial charge >= 0.3 is 11.9 Å². The summed E-state index contributed by atoms with van der Waals surface area (Å²) in [6.45, 7) is 6.61. The van der Waals surface area contributed by atoms with Gasteiger partial charge in [-0.2, -0.15) is 5.26 Å². The Labute approximate surface area is 175 Å². The molecule has 0 bridgehead atoms. The van der Waals surface area contributed by atoms with Crippen LogP contribution in [0.2, 0.25) is 0 Å². The lowest BCUT2D eigenvalue weighted by molar-refractivity contribution is -0.149. The van der Waals surface area contributed by atoms with Crippen LogP contribution in [0.25, 0.3) is 11.0 Å². The largest absolute Gasteiger partial charge is 0.466 e. The fourth-order valence-corrected chi connectivity index (χ4v) is 3.58. The number of anilines is 1. The molecular formula is C22H26N4O4. The number of carbonyl (C=O) groups is 2. The molecule has 30 heavy (non-hydrogen) atoms. The number of esters is 2. The molecule has 1 aromatic carbocycles. The summed E-state index contributed by atoms with van der Waals surface area (Å²) in [6.07, 6.45) is 1.14. The van der Waals surface area contributed by atoms with Crippen LogP contribution < -0.4 is 4.90 Å². The Morgan fingerprint density at radius 2 is 1.97 bits per heavy atom. The van der Waals surface area contributed by atoms with Gasteiger partial charge in [0.1, 0.15) is 5.69 Å². The summed E-state index contributed by atoms with van der Waals surface area (Å²) < 4.78 is 10.5. The minimum Gasteiger partial charge on any atom is -0.466 e. The van der Waals surface area contributed by atoms with Crippen LogP contribution in [0.5, 0.6) is 0 Å². The first kappa shape index (κ1) is 21.5. The maximum absolute atomic E-state index is 12.6. The number of aromatic nitrogens is 2. The third-order valence-electron chi connectivity index (χ3n) is 4.91. The zero-order valence-electron chi connectivity index (χ0n) is 17.5. The van der Waals surface area contributed by atoms with Crippen molar-refractivity contribution >= 4 is 28.8 Å². The van der Waals surface area contributed by atoms with Crippen LogP contribution in [-0.4, -0.2) is 47.7 Å². The lowest BCUT2D eigenvalue weighted by atomic mass is 9.97. The average Bonchev–Trinajstić information content (AvgIpc) is 2.73. The maximum atomic E-state index is 12.6. The predicted octanol–water partition coefficient (Wildman–Crippen LogP) is 2.97. The molecule has 8 heteroatoms. The minimum absolute atomic E-state index is 0.242. The lowest BCUT2D eigenvalue weighted by Gasteiger charge is -2.33. The summed E-state index contributed by atoms with van der Waals surface area (Å²) in [6, 6.07) is 9.32. The monoisotopic (exact) mass is 410 g/mol. The topological polar surface area (TPSA) is 105 Å². The number of para-hydroxylation sites is 2. The molecule has 8 nitrogen and oxygen atoms in total. The second kappa shape index (κ2) is 9.53. The van der Waals surface area contributed by atoms with Gasteiger partial charge in [0, 0.05) is 13.1 Å². The van der Waals surface area contributed by atoms with Crippen molar-refractivity contribution in [2.45, 2.75) is 45.6 Å². The zero-order chi connectivity index (χ0) is 21.7. The summed E-state index contributed by atoms with van der Waals surface area (Å²) in [5.41, 5.74) is 1.50. The first-order chi connectivity index (χ1) is 14.4. The zero-order valence-corrected chi connectivity index (χ0v) is 17.5.